The van der Waals surface area contributed by atoms with Crippen molar-refractivity contribution < 1.29 is 9.59 Å². The van der Waals surface area contributed by atoms with E-state index in [-0.39, 0.29) is 17.9 Å². The molecule has 1 aliphatic rings. The molecule has 2 N–H and O–H groups in total. The van der Waals surface area contributed by atoms with Crippen LogP contribution in [-0.4, -0.2) is 49.4 Å². The van der Waals surface area contributed by atoms with E-state index < -0.39 is 5.41 Å². The summed E-state index contributed by atoms with van der Waals surface area (Å²) in [4.78, 5) is 26.0. The van der Waals surface area contributed by atoms with Crippen LogP contribution in [0.3, 0.4) is 0 Å². The Morgan fingerprint density at radius 2 is 1.71 bits per heavy atom. The summed E-state index contributed by atoms with van der Waals surface area (Å²) in [6.45, 7) is 8.19. The largest absolute Gasteiger partial charge is 0.359 e. The molecule has 5 heteroatoms. The van der Waals surface area contributed by atoms with Crippen molar-refractivity contribution in [2.24, 2.45) is 5.41 Å². The lowest BCUT2D eigenvalue weighted by Gasteiger charge is -2.27. The number of hydrogen-bond acceptors (Lipinski definition) is 3. The number of amides is 2. The molecule has 0 spiro atoms. The second kappa shape index (κ2) is 8.37. The highest BCUT2D eigenvalue weighted by Crippen LogP contribution is 2.15. The van der Waals surface area contributed by atoms with Crippen LogP contribution in [0.4, 0.5) is 0 Å². The van der Waals surface area contributed by atoms with Gasteiger partial charge in [-0.05, 0) is 33.6 Å². The topological polar surface area (TPSA) is 61.4 Å². The highest BCUT2D eigenvalue weighted by atomic mass is 16.2. The fourth-order valence-corrected chi connectivity index (χ4v) is 2.63. The van der Waals surface area contributed by atoms with Crippen LogP contribution in [-0.2, 0) is 9.59 Å². The molecule has 2 amide bonds. The second-order valence-corrected chi connectivity index (χ2v) is 6.74. The quantitative estimate of drug-likeness (QED) is 0.781. The highest BCUT2D eigenvalue weighted by molar-refractivity contribution is 5.81. The van der Waals surface area contributed by atoms with E-state index in [0.29, 0.717) is 13.0 Å². The maximum Gasteiger partial charge on any atom is 0.226 e. The average molecular weight is 297 g/mol. The number of carbonyl (C=O) groups is 2. The van der Waals surface area contributed by atoms with E-state index in [1.165, 1.54) is 12.8 Å². The molecule has 1 aliphatic heterocycles. The van der Waals surface area contributed by atoms with E-state index in [1.54, 1.807) is 7.05 Å². The number of hydrogen-bond donors (Lipinski definition) is 2. The van der Waals surface area contributed by atoms with Crippen molar-refractivity contribution in [3.63, 3.8) is 0 Å². The maximum atomic E-state index is 12.3. The van der Waals surface area contributed by atoms with E-state index in [0.717, 1.165) is 25.9 Å². The molecule has 0 saturated carbocycles. The molecule has 1 saturated heterocycles. The molecule has 0 aromatic carbocycles. The van der Waals surface area contributed by atoms with E-state index >= 15 is 0 Å². The molecule has 0 bridgehead atoms. The first-order valence-electron chi connectivity index (χ1n) is 8.10. The predicted molar refractivity (Wildman–Crippen MR) is 85.0 cm³/mol. The molecule has 0 aromatic heterocycles. The van der Waals surface area contributed by atoms with Crippen LogP contribution in [0.2, 0.25) is 0 Å². The van der Waals surface area contributed by atoms with Gasteiger partial charge in [-0.2, -0.15) is 0 Å². The van der Waals surface area contributed by atoms with Gasteiger partial charge in [0, 0.05) is 39.1 Å². The minimum absolute atomic E-state index is 0.0149. The van der Waals surface area contributed by atoms with Crippen LogP contribution in [0, 0.1) is 5.41 Å². The summed E-state index contributed by atoms with van der Waals surface area (Å²) in [6.07, 6.45) is 5.22. The Bertz CT molecular complexity index is 347. The average Bonchev–Trinajstić information content (AvgIpc) is 2.73. The Morgan fingerprint density at radius 1 is 1.14 bits per heavy atom. The predicted octanol–water partition coefficient (Wildman–Crippen LogP) is 1.53. The van der Waals surface area contributed by atoms with Gasteiger partial charge in [-0.15, -0.1) is 0 Å². The number of nitrogens with one attached hydrogen (secondary N) is 2. The molecule has 0 radical (unpaired) electrons. The first-order chi connectivity index (χ1) is 9.86. The third-order valence-corrected chi connectivity index (χ3v) is 4.17. The zero-order chi connectivity index (χ0) is 15.9. The van der Waals surface area contributed by atoms with Gasteiger partial charge in [-0.25, -0.2) is 0 Å². The number of likely N-dealkylation sites (tertiary alicyclic amines) is 1. The standard InChI is InChI=1S/C16H31N3O2/c1-13(18-12-16(2,3)15(21)17-4)11-14(20)19-9-7-5-6-8-10-19/h13,18H,5-12H2,1-4H3,(H,17,21)/t13-/m1/s1. The van der Waals surface area contributed by atoms with E-state index in [1.807, 2.05) is 25.7 Å². The molecule has 21 heavy (non-hydrogen) atoms. The lowest BCUT2D eigenvalue weighted by Crippen LogP contribution is -2.45. The molecule has 1 fully saturated rings. The van der Waals surface area contributed by atoms with Gasteiger partial charge in [0.2, 0.25) is 11.8 Å². The van der Waals surface area contributed by atoms with Crippen LogP contribution in [0.25, 0.3) is 0 Å². The van der Waals surface area contributed by atoms with Crippen molar-refractivity contribution in [2.45, 2.75) is 58.9 Å². The van der Waals surface area contributed by atoms with Crippen molar-refractivity contribution in [3.05, 3.63) is 0 Å². The van der Waals surface area contributed by atoms with Gasteiger partial charge < -0.3 is 15.5 Å². The molecular weight excluding hydrogens is 266 g/mol. The Kier molecular flexibility index (Phi) is 7.15. The van der Waals surface area contributed by atoms with Gasteiger partial charge in [0.1, 0.15) is 0 Å². The van der Waals surface area contributed by atoms with Gasteiger partial charge in [0.05, 0.1) is 5.41 Å². The molecule has 1 heterocycles. The van der Waals surface area contributed by atoms with Gasteiger partial charge >= 0.3 is 0 Å². The molecule has 0 aliphatic carbocycles. The van der Waals surface area contributed by atoms with Crippen molar-refractivity contribution in [1.82, 2.24) is 15.5 Å². The van der Waals surface area contributed by atoms with Crippen molar-refractivity contribution in [1.29, 1.82) is 0 Å². The molecule has 122 valence electrons. The Balaban J connectivity index is 2.37. The Hall–Kier alpha value is -1.10. The summed E-state index contributed by atoms with van der Waals surface area (Å²) >= 11 is 0. The first kappa shape index (κ1) is 18.0. The summed E-state index contributed by atoms with van der Waals surface area (Å²) in [7, 11) is 1.65. The van der Waals surface area contributed by atoms with E-state index in [4.69, 9.17) is 0 Å². The fraction of sp³-hybridized carbons (Fsp3) is 0.875. The lowest BCUT2D eigenvalue weighted by atomic mass is 9.92. The minimum Gasteiger partial charge on any atom is -0.359 e. The first-order valence-corrected chi connectivity index (χ1v) is 8.10. The van der Waals surface area contributed by atoms with Crippen molar-refractivity contribution in [2.75, 3.05) is 26.7 Å². The summed E-state index contributed by atoms with van der Waals surface area (Å²) in [5.74, 6) is 0.246. The van der Waals surface area contributed by atoms with Crippen LogP contribution in [0.1, 0.15) is 52.9 Å². The molecule has 0 aromatic rings. The van der Waals surface area contributed by atoms with Gasteiger partial charge in [0.15, 0.2) is 0 Å². The van der Waals surface area contributed by atoms with Crippen molar-refractivity contribution in [3.8, 4) is 0 Å². The smallest absolute Gasteiger partial charge is 0.226 e. The molecule has 5 nitrogen and oxygen atoms in total. The number of rotatable bonds is 6. The minimum atomic E-state index is -0.464. The Morgan fingerprint density at radius 3 is 2.24 bits per heavy atom. The lowest BCUT2D eigenvalue weighted by molar-refractivity contribution is -0.131. The van der Waals surface area contributed by atoms with E-state index in [9.17, 15) is 9.59 Å². The summed E-state index contributed by atoms with van der Waals surface area (Å²) < 4.78 is 0. The van der Waals surface area contributed by atoms with E-state index in [2.05, 4.69) is 10.6 Å². The van der Waals surface area contributed by atoms with Gasteiger partial charge in [-0.1, -0.05) is 12.8 Å². The third kappa shape index (κ3) is 6.04. The maximum absolute atomic E-state index is 12.3. The SMILES string of the molecule is CNC(=O)C(C)(C)CN[C@H](C)CC(=O)N1CCCCCC1. The second-order valence-electron chi connectivity index (χ2n) is 6.74. The van der Waals surface area contributed by atoms with Crippen LogP contribution in [0.15, 0.2) is 0 Å². The summed E-state index contributed by atoms with van der Waals surface area (Å²) in [5.41, 5.74) is -0.464. The molecular formula is C16H31N3O2. The van der Waals surface area contributed by atoms with Gasteiger partial charge in [0.25, 0.3) is 0 Å². The fourth-order valence-electron chi connectivity index (χ4n) is 2.63. The number of nitrogens with zero attached hydrogens (tertiary/aromatic N) is 1. The summed E-state index contributed by atoms with van der Waals surface area (Å²) in [6, 6.07) is 0.0877. The molecule has 1 rings (SSSR count). The third-order valence-electron chi connectivity index (χ3n) is 4.17. The summed E-state index contributed by atoms with van der Waals surface area (Å²) in [5, 5.41) is 5.99. The van der Waals surface area contributed by atoms with Crippen molar-refractivity contribution >= 4 is 11.8 Å². The number of carbonyl (C=O) groups excluding carboxylic acids is 2. The zero-order valence-electron chi connectivity index (χ0n) is 14.0. The van der Waals surface area contributed by atoms with Gasteiger partial charge in [-0.3, -0.25) is 9.59 Å². The van der Waals surface area contributed by atoms with Crippen LogP contribution in [0.5, 0.6) is 0 Å². The van der Waals surface area contributed by atoms with Crippen LogP contribution < -0.4 is 10.6 Å². The molecule has 1 atom stereocenters. The monoisotopic (exact) mass is 297 g/mol. The normalized spacial score (nSPS) is 18.0. The highest BCUT2D eigenvalue weighted by Gasteiger charge is 2.27. The zero-order valence-corrected chi connectivity index (χ0v) is 14.0. The molecule has 0 unspecified atom stereocenters. The van der Waals surface area contributed by atoms with Crippen LogP contribution >= 0.6 is 0 Å². The Labute approximate surface area is 128 Å².